The van der Waals surface area contributed by atoms with Gasteiger partial charge in [-0.25, -0.2) is 4.98 Å². The number of benzene rings is 1. The van der Waals surface area contributed by atoms with Crippen molar-refractivity contribution in [2.75, 3.05) is 13.2 Å². The summed E-state index contributed by atoms with van der Waals surface area (Å²) in [6, 6.07) is 6.06. The highest BCUT2D eigenvalue weighted by Crippen LogP contribution is 2.33. The molecule has 1 aliphatic rings. The number of fused-ring (bicyclic) bond motifs is 1. The molecule has 4 nitrogen and oxygen atoms in total. The van der Waals surface area contributed by atoms with Gasteiger partial charge in [-0.1, -0.05) is 12.1 Å². The van der Waals surface area contributed by atoms with E-state index in [1.54, 1.807) is 11.3 Å². The summed E-state index contributed by atoms with van der Waals surface area (Å²) < 4.78 is 11.5. The molecule has 0 atom stereocenters. The Balaban J connectivity index is 1.65. The summed E-state index contributed by atoms with van der Waals surface area (Å²) in [6.07, 6.45) is 2.84. The van der Waals surface area contributed by atoms with Crippen molar-refractivity contribution in [3.63, 3.8) is 0 Å². The molecule has 1 aromatic carbocycles. The number of aromatic nitrogens is 1. The Labute approximate surface area is 122 Å². The first-order valence-electron chi connectivity index (χ1n) is 6.82. The van der Waals surface area contributed by atoms with Crippen molar-refractivity contribution in [1.82, 2.24) is 10.3 Å². The fourth-order valence-corrected chi connectivity index (χ4v) is 2.94. The van der Waals surface area contributed by atoms with Crippen LogP contribution >= 0.6 is 11.3 Å². The number of nitrogens with one attached hydrogen (secondary N) is 1. The summed E-state index contributed by atoms with van der Waals surface area (Å²) in [7, 11) is 0. The Morgan fingerprint density at radius 2 is 2.15 bits per heavy atom. The summed E-state index contributed by atoms with van der Waals surface area (Å²) in [4.78, 5) is 5.59. The van der Waals surface area contributed by atoms with Crippen LogP contribution in [0.3, 0.4) is 0 Å². The van der Waals surface area contributed by atoms with Crippen LogP contribution in [0.5, 0.6) is 11.5 Å². The third kappa shape index (κ3) is 3.11. The van der Waals surface area contributed by atoms with E-state index in [-0.39, 0.29) is 0 Å². The van der Waals surface area contributed by atoms with E-state index in [1.807, 2.05) is 18.3 Å². The number of aryl methyl sites for hydroxylation is 1. The quantitative estimate of drug-likeness (QED) is 0.940. The van der Waals surface area contributed by atoms with E-state index in [1.165, 1.54) is 4.88 Å². The second-order valence-corrected chi connectivity index (χ2v) is 6.08. The van der Waals surface area contributed by atoms with Gasteiger partial charge in [0.2, 0.25) is 0 Å². The van der Waals surface area contributed by atoms with Crippen LogP contribution in [0.15, 0.2) is 24.4 Å². The fraction of sp³-hybridized carbons (Fsp3) is 0.400. The van der Waals surface area contributed by atoms with Crippen LogP contribution in [0, 0.1) is 6.92 Å². The monoisotopic (exact) mass is 290 g/mol. The minimum absolute atomic E-state index is 0.718. The minimum atomic E-state index is 0.718. The van der Waals surface area contributed by atoms with Crippen molar-refractivity contribution in [1.29, 1.82) is 0 Å². The first-order valence-corrected chi connectivity index (χ1v) is 7.64. The molecule has 0 fully saturated rings. The minimum Gasteiger partial charge on any atom is -0.490 e. The molecule has 106 valence electrons. The zero-order valence-corrected chi connectivity index (χ0v) is 12.3. The highest BCUT2D eigenvalue weighted by molar-refractivity contribution is 7.11. The van der Waals surface area contributed by atoms with Crippen LogP contribution in [0.2, 0.25) is 0 Å². The maximum absolute atomic E-state index is 5.81. The van der Waals surface area contributed by atoms with Gasteiger partial charge in [-0.3, -0.25) is 0 Å². The molecule has 0 saturated carbocycles. The molecular weight excluding hydrogens is 272 g/mol. The number of para-hydroxylation sites is 1. The van der Waals surface area contributed by atoms with Gasteiger partial charge in [-0.15, -0.1) is 11.3 Å². The van der Waals surface area contributed by atoms with Crippen molar-refractivity contribution in [2.24, 2.45) is 0 Å². The highest BCUT2D eigenvalue weighted by Gasteiger charge is 2.14. The van der Waals surface area contributed by atoms with E-state index in [0.29, 0.717) is 0 Å². The van der Waals surface area contributed by atoms with Gasteiger partial charge in [-0.05, 0) is 13.0 Å². The lowest BCUT2D eigenvalue weighted by Gasteiger charge is -2.12. The Morgan fingerprint density at radius 1 is 1.25 bits per heavy atom. The molecular formula is C15H18N2O2S. The van der Waals surface area contributed by atoms with E-state index < -0.39 is 0 Å². The lowest BCUT2D eigenvalue weighted by molar-refractivity contribution is 0.296. The van der Waals surface area contributed by atoms with Crippen LogP contribution in [0.4, 0.5) is 0 Å². The van der Waals surface area contributed by atoms with E-state index in [2.05, 4.69) is 23.3 Å². The molecule has 0 amide bonds. The molecule has 1 aliphatic heterocycles. The Bertz CT molecular complexity index is 583. The summed E-state index contributed by atoms with van der Waals surface area (Å²) in [5, 5.41) is 4.53. The number of hydrogen-bond donors (Lipinski definition) is 1. The highest BCUT2D eigenvalue weighted by atomic mass is 32.1. The molecule has 3 rings (SSSR count). The average molecular weight is 290 g/mol. The SMILES string of the molecule is Cc1cnc(CNCc2cccc3c2OCCCO3)s1. The van der Waals surface area contributed by atoms with E-state index in [9.17, 15) is 0 Å². The first kappa shape index (κ1) is 13.4. The second-order valence-electron chi connectivity index (χ2n) is 4.76. The van der Waals surface area contributed by atoms with E-state index in [0.717, 1.165) is 54.8 Å². The molecule has 0 radical (unpaired) electrons. The van der Waals surface area contributed by atoms with Crippen molar-refractivity contribution >= 4 is 11.3 Å². The lowest BCUT2D eigenvalue weighted by Crippen LogP contribution is -2.13. The molecule has 20 heavy (non-hydrogen) atoms. The van der Waals surface area contributed by atoms with Crippen LogP contribution in [-0.4, -0.2) is 18.2 Å². The van der Waals surface area contributed by atoms with Crippen LogP contribution in [0.25, 0.3) is 0 Å². The van der Waals surface area contributed by atoms with Crippen LogP contribution < -0.4 is 14.8 Å². The summed E-state index contributed by atoms with van der Waals surface area (Å²) in [6.45, 7) is 5.05. The predicted octanol–water partition coefficient (Wildman–Crippen LogP) is 2.90. The van der Waals surface area contributed by atoms with Gasteiger partial charge in [-0.2, -0.15) is 0 Å². The zero-order chi connectivity index (χ0) is 13.8. The molecule has 1 N–H and O–H groups in total. The molecule has 2 aromatic rings. The standard InChI is InChI=1S/C15H18N2O2S/c1-11-8-17-14(20-11)10-16-9-12-4-2-5-13-15(12)19-7-3-6-18-13/h2,4-5,8,16H,3,6-7,9-10H2,1H3. The average Bonchev–Trinajstić information content (AvgIpc) is 2.73. The topological polar surface area (TPSA) is 43.4 Å². The smallest absolute Gasteiger partial charge is 0.165 e. The Hall–Kier alpha value is -1.59. The fourth-order valence-electron chi connectivity index (χ4n) is 2.18. The maximum atomic E-state index is 5.81. The van der Waals surface area contributed by atoms with Crippen molar-refractivity contribution in [3.8, 4) is 11.5 Å². The largest absolute Gasteiger partial charge is 0.490 e. The normalized spacial score (nSPS) is 14.1. The van der Waals surface area contributed by atoms with E-state index in [4.69, 9.17) is 9.47 Å². The van der Waals surface area contributed by atoms with Gasteiger partial charge in [0.25, 0.3) is 0 Å². The third-order valence-corrected chi connectivity index (χ3v) is 4.03. The van der Waals surface area contributed by atoms with Gasteiger partial charge in [0, 0.05) is 36.1 Å². The molecule has 5 heteroatoms. The number of hydrogen-bond acceptors (Lipinski definition) is 5. The molecule has 1 aromatic heterocycles. The van der Waals surface area contributed by atoms with Crippen LogP contribution in [-0.2, 0) is 13.1 Å². The van der Waals surface area contributed by atoms with Crippen molar-refractivity contribution < 1.29 is 9.47 Å². The molecule has 0 bridgehead atoms. The lowest BCUT2D eigenvalue weighted by atomic mass is 10.2. The molecule has 0 unspecified atom stereocenters. The van der Waals surface area contributed by atoms with Crippen molar-refractivity contribution in [3.05, 3.63) is 39.8 Å². The number of rotatable bonds is 4. The maximum Gasteiger partial charge on any atom is 0.165 e. The van der Waals surface area contributed by atoms with E-state index >= 15 is 0 Å². The number of ether oxygens (including phenoxy) is 2. The second kappa shape index (κ2) is 6.24. The number of nitrogens with zero attached hydrogens (tertiary/aromatic N) is 1. The van der Waals surface area contributed by atoms with Gasteiger partial charge in [0.15, 0.2) is 11.5 Å². The number of thiazole rings is 1. The Kier molecular flexibility index (Phi) is 4.18. The molecule has 0 spiro atoms. The zero-order valence-electron chi connectivity index (χ0n) is 11.5. The molecule has 2 heterocycles. The van der Waals surface area contributed by atoms with Gasteiger partial charge < -0.3 is 14.8 Å². The summed E-state index contributed by atoms with van der Waals surface area (Å²) in [5.41, 5.74) is 1.14. The van der Waals surface area contributed by atoms with Gasteiger partial charge >= 0.3 is 0 Å². The van der Waals surface area contributed by atoms with Crippen molar-refractivity contribution in [2.45, 2.75) is 26.4 Å². The molecule has 0 aliphatic carbocycles. The Morgan fingerprint density at radius 3 is 3.00 bits per heavy atom. The first-order chi connectivity index (χ1) is 9.83. The summed E-state index contributed by atoms with van der Waals surface area (Å²) in [5.74, 6) is 1.74. The van der Waals surface area contributed by atoms with Gasteiger partial charge in [0.05, 0.1) is 13.2 Å². The predicted molar refractivity (Wildman–Crippen MR) is 79.4 cm³/mol. The summed E-state index contributed by atoms with van der Waals surface area (Å²) >= 11 is 1.73. The van der Waals surface area contributed by atoms with Crippen LogP contribution in [0.1, 0.15) is 21.9 Å². The van der Waals surface area contributed by atoms with Gasteiger partial charge in [0.1, 0.15) is 5.01 Å². The third-order valence-electron chi connectivity index (χ3n) is 3.11. The molecule has 0 saturated heterocycles.